The third kappa shape index (κ3) is 7.16. The van der Waals surface area contributed by atoms with Crippen LogP contribution in [0.5, 0.6) is 11.5 Å². The standard InChI is InChI=1S/C30H49NO2Si2/c1-13-21(23-16-15-20(29(3,4)5)19-26(23)32-34(9)10)22(14-2)24-17-18-25(30(6,7)8)27(31)28(24)33-35(11)12/h15-19,21-22H,13-14,31H2,1-12H3. The fourth-order valence-electron chi connectivity index (χ4n) is 4.94. The van der Waals surface area contributed by atoms with Crippen LogP contribution in [0.3, 0.4) is 0 Å². The quantitative estimate of drug-likeness (QED) is 0.270. The molecule has 0 aliphatic carbocycles. The van der Waals surface area contributed by atoms with Crippen molar-refractivity contribution in [2.45, 2.75) is 117 Å². The number of anilines is 1. The van der Waals surface area contributed by atoms with Gasteiger partial charge in [0.2, 0.25) is 0 Å². The summed E-state index contributed by atoms with van der Waals surface area (Å²) in [6.07, 6.45) is 2.03. The fraction of sp³-hybridized carbons (Fsp3) is 0.600. The van der Waals surface area contributed by atoms with E-state index < -0.39 is 18.1 Å². The number of hydrogen-bond donors (Lipinski definition) is 1. The second-order valence-electron chi connectivity index (χ2n) is 12.2. The number of nitrogens with two attached hydrogens (primary N) is 1. The smallest absolute Gasteiger partial charge is 0.274 e. The van der Waals surface area contributed by atoms with E-state index in [1.807, 2.05) is 0 Å². The lowest BCUT2D eigenvalue weighted by molar-refractivity contribution is 0.468. The monoisotopic (exact) mass is 511 g/mol. The van der Waals surface area contributed by atoms with E-state index in [1.54, 1.807) is 0 Å². The summed E-state index contributed by atoms with van der Waals surface area (Å²) in [5.41, 5.74) is 12.7. The minimum absolute atomic E-state index is 0.0363. The Labute approximate surface area is 219 Å². The van der Waals surface area contributed by atoms with Crippen molar-refractivity contribution in [3.8, 4) is 11.5 Å². The molecule has 2 aromatic carbocycles. The van der Waals surface area contributed by atoms with Crippen molar-refractivity contribution >= 4 is 23.8 Å². The molecule has 0 saturated carbocycles. The lowest BCUT2D eigenvalue weighted by Gasteiger charge is -2.33. The summed E-state index contributed by atoms with van der Waals surface area (Å²) in [6.45, 7) is 26.8. The topological polar surface area (TPSA) is 44.5 Å². The Morgan fingerprint density at radius 2 is 1.26 bits per heavy atom. The Kier molecular flexibility index (Phi) is 9.74. The van der Waals surface area contributed by atoms with Crippen LogP contribution in [0.2, 0.25) is 26.2 Å². The summed E-state index contributed by atoms with van der Waals surface area (Å²) in [6, 6.07) is 11.4. The van der Waals surface area contributed by atoms with E-state index in [1.165, 1.54) is 16.7 Å². The van der Waals surface area contributed by atoms with Crippen LogP contribution in [0.1, 0.15) is 102 Å². The fourth-order valence-corrected chi connectivity index (χ4v) is 6.19. The predicted molar refractivity (Wildman–Crippen MR) is 157 cm³/mol. The lowest BCUT2D eigenvalue weighted by atomic mass is 9.75. The van der Waals surface area contributed by atoms with E-state index in [9.17, 15) is 0 Å². The van der Waals surface area contributed by atoms with E-state index in [2.05, 4.69) is 112 Å². The van der Waals surface area contributed by atoms with Crippen molar-refractivity contribution in [2.75, 3.05) is 5.73 Å². The van der Waals surface area contributed by atoms with Crippen LogP contribution in [-0.4, -0.2) is 18.1 Å². The number of benzene rings is 2. The van der Waals surface area contributed by atoms with Crippen LogP contribution in [0.4, 0.5) is 5.69 Å². The van der Waals surface area contributed by atoms with E-state index in [-0.39, 0.29) is 10.8 Å². The highest BCUT2D eigenvalue weighted by molar-refractivity contribution is 6.49. The van der Waals surface area contributed by atoms with E-state index in [4.69, 9.17) is 14.6 Å². The van der Waals surface area contributed by atoms with Crippen LogP contribution in [-0.2, 0) is 10.8 Å². The molecule has 35 heavy (non-hydrogen) atoms. The summed E-state index contributed by atoms with van der Waals surface area (Å²) in [5, 5.41) is 0. The van der Waals surface area contributed by atoms with Crippen LogP contribution in [0.25, 0.3) is 0 Å². The average molecular weight is 512 g/mol. The van der Waals surface area contributed by atoms with Crippen LogP contribution in [0, 0.1) is 0 Å². The molecule has 194 valence electrons. The Bertz CT molecular complexity index is 987. The summed E-state index contributed by atoms with van der Waals surface area (Å²) in [4.78, 5) is 0. The molecule has 0 heterocycles. The largest absolute Gasteiger partial charge is 0.542 e. The molecule has 0 saturated heterocycles. The van der Waals surface area contributed by atoms with E-state index in [0.29, 0.717) is 11.8 Å². The average Bonchev–Trinajstić information content (AvgIpc) is 2.71. The van der Waals surface area contributed by atoms with Crippen molar-refractivity contribution in [3.05, 3.63) is 52.6 Å². The minimum atomic E-state index is -0.976. The first-order chi connectivity index (χ1) is 16.1. The van der Waals surface area contributed by atoms with Crippen molar-refractivity contribution in [1.29, 1.82) is 0 Å². The van der Waals surface area contributed by atoms with E-state index >= 15 is 0 Å². The van der Waals surface area contributed by atoms with Gasteiger partial charge in [-0.3, -0.25) is 0 Å². The molecule has 2 radical (unpaired) electrons. The molecule has 2 aromatic rings. The molecular weight excluding hydrogens is 463 g/mol. The third-order valence-electron chi connectivity index (χ3n) is 6.70. The Morgan fingerprint density at radius 1 is 0.743 bits per heavy atom. The predicted octanol–water partition coefficient (Wildman–Crippen LogP) is 8.81. The van der Waals surface area contributed by atoms with Gasteiger partial charge in [-0.15, -0.1) is 0 Å². The van der Waals surface area contributed by atoms with Gasteiger partial charge in [0, 0.05) is 0 Å². The van der Waals surface area contributed by atoms with Crippen molar-refractivity contribution in [3.63, 3.8) is 0 Å². The van der Waals surface area contributed by atoms with E-state index in [0.717, 1.165) is 35.6 Å². The first-order valence-electron chi connectivity index (χ1n) is 13.1. The molecule has 2 atom stereocenters. The SMILES string of the molecule is CCC(c1ccc(C(C)(C)C)cc1O[Si](C)C)C(CC)c1ccc(C(C)(C)C)c(N)c1O[Si](C)C. The zero-order chi connectivity index (χ0) is 26.7. The molecule has 0 fully saturated rings. The Morgan fingerprint density at radius 3 is 1.71 bits per heavy atom. The molecule has 3 nitrogen and oxygen atoms in total. The maximum atomic E-state index is 6.83. The van der Waals surface area contributed by atoms with Gasteiger partial charge in [0.05, 0.1) is 5.69 Å². The van der Waals surface area contributed by atoms with Gasteiger partial charge in [-0.05, 0) is 90.0 Å². The minimum Gasteiger partial charge on any atom is -0.542 e. The third-order valence-corrected chi connectivity index (χ3v) is 7.94. The highest BCUT2D eigenvalue weighted by Crippen LogP contribution is 2.48. The first kappa shape index (κ1) is 29.5. The number of hydrogen-bond acceptors (Lipinski definition) is 3. The zero-order valence-electron chi connectivity index (χ0n) is 24.3. The van der Waals surface area contributed by atoms with Gasteiger partial charge in [0.25, 0.3) is 18.1 Å². The number of nitrogen functional groups attached to an aromatic ring is 1. The molecule has 2 rings (SSSR count). The molecule has 2 unspecified atom stereocenters. The van der Waals surface area contributed by atoms with Crippen molar-refractivity contribution < 1.29 is 8.85 Å². The number of rotatable bonds is 9. The summed E-state index contributed by atoms with van der Waals surface area (Å²) in [5.74, 6) is 2.57. The molecule has 0 spiro atoms. The highest BCUT2D eigenvalue weighted by atomic mass is 28.3. The van der Waals surface area contributed by atoms with Crippen molar-refractivity contribution in [1.82, 2.24) is 0 Å². The van der Waals surface area contributed by atoms with Gasteiger partial charge in [-0.1, -0.05) is 79.7 Å². The van der Waals surface area contributed by atoms with Gasteiger partial charge in [0.15, 0.2) is 0 Å². The van der Waals surface area contributed by atoms with Crippen molar-refractivity contribution in [2.24, 2.45) is 0 Å². The molecule has 0 aromatic heterocycles. The zero-order valence-corrected chi connectivity index (χ0v) is 26.3. The maximum absolute atomic E-state index is 6.83. The van der Waals surface area contributed by atoms with Crippen LogP contribution < -0.4 is 14.6 Å². The van der Waals surface area contributed by atoms with Crippen LogP contribution >= 0.6 is 0 Å². The normalized spacial score (nSPS) is 14.3. The van der Waals surface area contributed by atoms with Crippen LogP contribution in [0.15, 0.2) is 30.3 Å². The second-order valence-corrected chi connectivity index (χ2v) is 16.3. The highest BCUT2D eigenvalue weighted by Gasteiger charge is 2.31. The van der Waals surface area contributed by atoms with Gasteiger partial charge in [-0.2, -0.15) is 0 Å². The van der Waals surface area contributed by atoms with Gasteiger partial charge in [-0.25, -0.2) is 0 Å². The molecule has 0 aliphatic heterocycles. The van der Waals surface area contributed by atoms with Gasteiger partial charge in [0.1, 0.15) is 11.5 Å². The summed E-state index contributed by atoms with van der Waals surface area (Å²) < 4.78 is 13.1. The lowest BCUT2D eigenvalue weighted by Crippen LogP contribution is -2.22. The molecule has 2 N–H and O–H groups in total. The molecule has 5 heteroatoms. The molecule has 0 aliphatic rings. The van der Waals surface area contributed by atoms with Gasteiger partial charge < -0.3 is 14.6 Å². The molecular formula is C30H49NO2Si2. The Hall–Kier alpha value is -1.73. The summed E-state index contributed by atoms with van der Waals surface area (Å²) >= 11 is 0. The summed E-state index contributed by atoms with van der Waals surface area (Å²) in [7, 11) is -1.88. The molecule has 0 bridgehead atoms. The van der Waals surface area contributed by atoms with Gasteiger partial charge >= 0.3 is 0 Å². The maximum Gasteiger partial charge on any atom is 0.274 e. The molecule has 0 amide bonds. The Balaban J connectivity index is 2.72. The first-order valence-corrected chi connectivity index (χ1v) is 18.0. The second kappa shape index (κ2) is 11.6.